The summed E-state index contributed by atoms with van der Waals surface area (Å²) < 4.78 is 5.34. The molecule has 3 rings (SSSR count). The largest absolute Gasteiger partial charge is 0.444 e. The van der Waals surface area contributed by atoms with E-state index in [0.29, 0.717) is 13.2 Å². The number of allylic oxidation sites excluding steroid dienone is 4. The van der Waals surface area contributed by atoms with E-state index in [1.54, 1.807) is 4.90 Å². The number of amides is 1. The second-order valence-corrected chi connectivity index (χ2v) is 4.98. The van der Waals surface area contributed by atoms with Crippen LogP contribution in [0.5, 0.6) is 0 Å². The van der Waals surface area contributed by atoms with Crippen molar-refractivity contribution >= 4 is 6.09 Å². The lowest BCUT2D eigenvalue weighted by Crippen LogP contribution is -2.31. The maximum atomic E-state index is 12.1. The van der Waals surface area contributed by atoms with E-state index in [1.807, 2.05) is 42.6 Å². The van der Waals surface area contributed by atoms with Gasteiger partial charge in [-0.1, -0.05) is 42.5 Å². The molecule has 20 heavy (non-hydrogen) atoms. The fraction of sp³-hybridized carbons (Fsp3) is 0.235. The first-order valence-corrected chi connectivity index (χ1v) is 6.87. The fourth-order valence-electron chi connectivity index (χ4n) is 2.43. The highest BCUT2D eigenvalue weighted by Crippen LogP contribution is 2.25. The summed E-state index contributed by atoms with van der Waals surface area (Å²) in [6, 6.07) is 9.73. The maximum Gasteiger partial charge on any atom is 0.414 e. The molecule has 1 aliphatic carbocycles. The lowest BCUT2D eigenvalue weighted by atomic mass is 9.95. The molecule has 1 heterocycles. The van der Waals surface area contributed by atoms with E-state index in [2.05, 4.69) is 12.2 Å². The SMILES string of the molecule is O=C(OCc1ccccc1)N1C=CC2=C(CCC=C2)C1. The van der Waals surface area contributed by atoms with E-state index in [9.17, 15) is 4.79 Å². The van der Waals surface area contributed by atoms with E-state index >= 15 is 0 Å². The standard InChI is InChI=1S/C17H17NO2/c19-17(20-13-14-6-2-1-3-7-14)18-11-10-15-8-4-5-9-16(15)12-18/h1-4,6-8,10-11H,5,9,12-13H2. The first-order valence-electron chi connectivity index (χ1n) is 6.87. The Morgan fingerprint density at radius 1 is 1.20 bits per heavy atom. The highest BCUT2D eigenvalue weighted by atomic mass is 16.6. The summed E-state index contributed by atoms with van der Waals surface area (Å²) in [5.74, 6) is 0. The summed E-state index contributed by atoms with van der Waals surface area (Å²) in [6.07, 6.45) is 9.89. The summed E-state index contributed by atoms with van der Waals surface area (Å²) in [6.45, 7) is 0.958. The van der Waals surface area contributed by atoms with Crippen LogP contribution in [0.1, 0.15) is 18.4 Å². The zero-order valence-corrected chi connectivity index (χ0v) is 11.3. The van der Waals surface area contributed by atoms with Gasteiger partial charge in [-0.05, 0) is 35.6 Å². The molecule has 3 nitrogen and oxygen atoms in total. The molecule has 0 bridgehead atoms. The summed E-state index contributed by atoms with van der Waals surface area (Å²) in [5.41, 5.74) is 3.55. The minimum Gasteiger partial charge on any atom is -0.444 e. The lowest BCUT2D eigenvalue weighted by Gasteiger charge is -2.26. The van der Waals surface area contributed by atoms with Crippen LogP contribution in [0.25, 0.3) is 0 Å². The molecule has 0 saturated carbocycles. The quantitative estimate of drug-likeness (QED) is 0.815. The van der Waals surface area contributed by atoms with Crippen molar-refractivity contribution in [1.82, 2.24) is 4.90 Å². The normalized spacial score (nSPS) is 17.1. The highest BCUT2D eigenvalue weighted by Gasteiger charge is 2.20. The second-order valence-electron chi connectivity index (χ2n) is 4.98. The van der Waals surface area contributed by atoms with Gasteiger partial charge >= 0.3 is 6.09 Å². The van der Waals surface area contributed by atoms with Crippen LogP contribution >= 0.6 is 0 Å². The molecule has 0 aromatic heterocycles. The van der Waals surface area contributed by atoms with Gasteiger partial charge in [0.25, 0.3) is 0 Å². The van der Waals surface area contributed by atoms with E-state index in [-0.39, 0.29) is 6.09 Å². The Balaban J connectivity index is 1.58. The van der Waals surface area contributed by atoms with Crippen LogP contribution in [-0.2, 0) is 11.3 Å². The van der Waals surface area contributed by atoms with Crippen molar-refractivity contribution in [2.24, 2.45) is 0 Å². The van der Waals surface area contributed by atoms with E-state index in [1.165, 1.54) is 11.1 Å². The minimum absolute atomic E-state index is 0.286. The van der Waals surface area contributed by atoms with Crippen LogP contribution in [-0.4, -0.2) is 17.5 Å². The lowest BCUT2D eigenvalue weighted by molar-refractivity contribution is 0.112. The summed E-state index contributed by atoms with van der Waals surface area (Å²) in [5, 5.41) is 0. The maximum absolute atomic E-state index is 12.1. The molecule has 1 aliphatic heterocycles. The minimum atomic E-state index is -0.286. The monoisotopic (exact) mass is 267 g/mol. The molecule has 1 aromatic rings. The highest BCUT2D eigenvalue weighted by molar-refractivity contribution is 5.70. The van der Waals surface area contributed by atoms with Crippen molar-refractivity contribution in [3.63, 3.8) is 0 Å². The first-order chi connectivity index (χ1) is 9.83. The first kappa shape index (κ1) is 12.7. The third-order valence-corrected chi connectivity index (χ3v) is 3.55. The van der Waals surface area contributed by atoms with Crippen molar-refractivity contribution in [1.29, 1.82) is 0 Å². The van der Waals surface area contributed by atoms with Crippen molar-refractivity contribution in [2.45, 2.75) is 19.4 Å². The summed E-state index contributed by atoms with van der Waals surface area (Å²) in [7, 11) is 0. The molecule has 0 unspecified atom stereocenters. The van der Waals surface area contributed by atoms with Gasteiger partial charge in [0.05, 0.1) is 6.54 Å². The second kappa shape index (κ2) is 5.78. The number of carbonyl (C=O) groups is 1. The van der Waals surface area contributed by atoms with Crippen LogP contribution in [0.3, 0.4) is 0 Å². The van der Waals surface area contributed by atoms with Gasteiger partial charge in [0.2, 0.25) is 0 Å². The molecule has 0 N–H and O–H groups in total. The van der Waals surface area contributed by atoms with Crippen LogP contribution in [0.15, 0.2) is 65.9 Å². The average Bonchev–Trinajstić information content (AvgIpc) is 2.53. The van der Waals surface area contributed by atoms with Gasteiger partial charge in [0.1, 0.15) is 6.61 Å². The Bertz CT molecular complexity index is 584. The smallest absolute Gasteiger partial charge is 0.414 e. The van der Waals surface area contributed by atoms with Crippen molar-refractivity contribution < 1.29 is 9.53 Å². The number of carbonyl (C=O) groups excluding carboxylic acids is 1. The number of rotatable bonds is 2. The predicted octanol–water partition coefficient (Wildman–Crippen LogP) is 3.80. The third-order valence-electron chi connectivity index (χ3n) is 3.55. The Kier molecular flexibility index (Phi) is 3.68. The van der Waals surface area contributed by atoms with E-state index in [0.717, 1.165) is 18.4 Å². The molecule has 0 saturated heterocycles. The molecule has 1 aromatic carbocycles. The van der Waals surface area contributed by atoms with Gasteiger partial charge in [0, 0.05) is 6.20 Å². The fourth-order valence-corrected chi connectivity index (χ4v) is 2.43. The molecular formula is C17H17NO2. The summed E-state index contributed by atoms with van der Waals surface area (Å²) in [4.78, 5) is 13.7. The van der Waals surface area contributed by atoms with Gasteiger partial charge in [-0.3, -0.25) is 4.90 Å². The molecule has 0 fully saturated rings. The Labute approximate surface area is 118 Å². The van der Waals surface area contributed by atoms with Crippen LogP contribution in [0.4, 0.5) is 4.79 Å². The van der Waals surface area contributed by atoms with Gasteiger partial charge in [-0.2, -0.15) is 0 Å². The van der Waals surface area contributed by atoms with Crippen molar-refractivity contribution in [3.05, 3.63) is 71.5 Å². The van der Waals surface area contributed by atoms with Crippen LogP contribution < -0.4 is 0 Å². The zero-order chi connectivity index (χ0) is 13.8. The van der Waals surface area contributed by atoms with E-state index < -0.39 is 0 Å². The zero-order valence-electron chi connectivity index (χ0n) is 11.3. The molecule has 2 aliphatic rings. The molecule has 0 atom stereocenters. The van der Waals surface area contributed by atoms with E-state index in [4.69, 9.17) is 4.74 Å². The molecule has 0 spiro atoms. The van der Waals surface area contributed by atoms with Gasteiger partial charge in [-0.25, -0.2) is 4.79 Å². The average molecular weight is 267 g/mol. The van der Waals surface area contributed by atoms with Gasteiger partial charge in [-0.15, -0.1) is 0 Å². The van der Waals surface area contributed by atoms with Crippen LogP contribution in [0, 0.1) is 0 Å². The molecule has 3 heteroatoms. The number of ether oxygens (including phenoxy) is 1. The Hall–Kier alpha value is -2.29. The Morgan fingerprint density at radius 2 is 2.05 bits per heavy atom. The number of hydrogen-bond acceptors (Lipinski definition) is 2. The molecule has 102 valence electrons. The van der Waals surface area contributed by atoms with Crippen molar-refractivity contribution in [2.75, 3.05) is 6.54 Å². The predicted molar refractivity (Wildman–Crippen MR) is 77.9 cm³/mol. The summed E-state index contributed by atoms with van der Waals surface area (Å²) >= 11 is 0. The Morgan fingerprint density at radius 3 is 2.90 bits per heavy atom. The van der Waals surface area contributed by atoms with Crippen molar-refractivity contribution in [3.8, 4) is 0 Å². The molecular weight excluding hydrogens is 250 g/mol. The topological polar surface area (TPSA) is 29.5 Å². The van der Waals surface area contributed by atoms with Crippen LogP contribution in [0.2, 0.25) is 0 Å². The number of hydrogen-bond donors (Lipinski definition) is 0. The number of benzene rings is 1. The number of nitrogens with zero attached hydrogens (tertiary/aromatic N) is 1. The van der Waals surface area contributed by atoms with Gasteiger partial charge < -0.3 is 4.74 Å². The third kappa shape index (κ3) is 2.82. The molecule has 0 radical (unpaired) electrons. The molecule has 1 amide bonds. The van der Waals surface area contributed by atoms with Gasteiger partial charge in [0.15, 0.2) is 0 Å².